The van der Waals surface area contributed by atoms with Gasteiger partial charge in [0.25, 0.3) is 5.56 Å². The Morgan fingerprint density at radius 2 is 2.06 bits per heavy atom. The Kier molecular flexibility index (Phi) is 4.92. The van der Waals surface area contributed by atoms with Crippen LogP contribution in [0.2, 0.25) is 0 Å². The molecule has 3 aromatic heterocycles. The van der Waals surface area contributed by atoms with E-state index in [4.69, 9.17) is 4.98 Å². The minimum atomic E-state index is -0.103. The molecule has 0 bridgehead atoms. The third-order valence-electron chi connectivity index (χ3n) is 6.24. The fraction of sp³-hybridized carbons (Fsp3) is 0.333. The number of nitrogens with zero attached hydrogens (tertiary/aromatic N) is 5. The molecular formula is C24H25N7O2. The number of nitrogens with one attached hydrogen (secondary N) is 2. The van der Waals surface area contributed by atoms with Gasteiger partial charge in [-0.05, 0) is 61.2 Å². The molecule has 1 aromatic carbocycles. The van der Waals surface area contributed by atoms with Crippen molar-refractivity contribution in [2.45, 2.75) is 38.3 Å². The average molecular weight is 444 g/mol. The molecule has 168 valence electrons. The topological polar surface area (TPSA) is 110 Å². The molecule has 9 heteroatoms. The molecule has 2 aliphatic rings. The zero-order valence-electron chi connectivity index (χ0n) is 18.2. The summed E-state index contributed by atoms with van der Waals surface area (Å²) < 4.78 is 3.55. The summed E-state index contributed by atoms with van der Waals surface area (Å²) in [5.74, 6) is 1.05. The van der Waals surface area contributed by atoms with Crippen LogP contribution < -0.4 is 16.2 Å². The van der Waals surface area contributed by atoms with Crippen LogP contribution in [0.1, 0.15) is 35.7 Å². The quantitative estimate of drug-likeness (QED) is 0.419. The van der Waals surface area contributed by atoms with E-state index in [1.807, 2.05) is 24.3 Å². The third-order valence-corrected chi connectivity index (χ3v) is 6.24. The Morgan fingerprint density at radius 3 is 2.91 bits per heavy atom. The second kappa shape index (κ2) is 8.09. The Hall–Kier alpha value is -3.56. The van der Waals surface area contributed by atoms with Gasteiger partial charge in [-0.1, -0.05) is 12.1 Å². The van der Waals surface area contributed by atoms with Gasteiger partial charge in [-0.3, -0.25) is 4.79 Å². The van der Waals surface area contributed by atoms with E-state index in [0.29, 0.717) is 29.2 Å². The summed E-state index contributed by atoms with van der Waals surface area (Å²) >= 11 is 0. The number of aromatic nitrogens is 5. The molecule has 9 nitrogen and oxygen atoms in total. The Bertz CT molecular complexity index is 1400. The SMILES string of the molecule is O=c1c2cnc(Nc3ccc4c(c3)CNCC4)nc2n(-c2cccc(CCO)n2)n1C1CC1. The molecule has 4 heterocycles. The molecule has 1 saturated carbocycles. The van der Waals surface area contributed by atoms with Crippen molar-refractivity contribution in [1.82, 2.24) is 29.6 Å². The molecule has 0 spiro atoms. The number of benzene rings is 1. The Labute approximate surface area is 190 Å². The van der Waals surface area contributed by atoms with Gasteiger partial charge in [0, 0.05) is 37.2 Å². The molecule has 0 amide bonds. The van der Waals surface area contributed by atoms with Crippen LogP contribution in [-0.2, 0) is 19.4 Å². The van der Waals surface area contributed by atoms with Crippen LogP contribution in [0.5, 0.6) is 0 Å². The third kappa shape index (κ3) is 3.69. The van der Waals surface area contributed by atoms with Crippen molar-refractivity contribution in [3.05, 3.63) is 69.8 Å². The fourth-order valence-corrected chi connectivity index (χ4v) is 4.45. The maximum Gasteiger partial charge on any atom is 0.278 e. The molecule has 33 heavy (non-hydrogen) atoms. The van der Waals surface area contributed by atoms with Crippen molar-refractivity contribution in [3.8, 4) is 5.82 Å². The maximum atomic E-state index is 13.2. The fourth-order valence-electron chi connectivity index (χ4n) is 4.45. The highest BCUT2D eigenvalue weighted by atomic mass is 16.3. The van der Waals surface area contributed by atoms with Gasteiger partial charge in [0.2, 0.25) is 5.95 Å². The lowest BCUT2D eigenvalue weighted by molar-refractivity contribution is 0.298. The van der Waals surface area contributed by atoms with Gasteiger partial charge in [-0.2, -0.15) is 4.98 Å². The Balaban J connectivity index is 1.44. The second-order valence-electron chi connectivity index (χ2n) is 8.62. The van der Waals surface area contributed by atoms with Gasteiger partial charge in [0.15, 0.2) is 11.5 Å². The maximum absolute atomic E-state index is 13.2. The smallest absolute Gasteiger partial charge is 0.278 e. The molecule has 1 aliphatic carbocycles. The van der Waals surface area contributed by atoms with E-state index >= 15 is 0 Å². The van der Waals surface area contributed by atoms with Crippen LogP contribution in [0.25, 0.3) is 16.9 Å². The van der Waals surface area contributed by atoms with E-state index in [0.717, 1.165) is 43.7 Å². The van der Waals surface area contributed by atoms with Crippen LogP contribution in [0.3, 0.4) is 0 Å². The summed E-state index contributed by atoms with van der Waals surface area (Å²) in [4.78, 5) is 27.1. The first-order valence-electron chi connectivity index (χ1n) is 11.4. The van der Waals surface area contributed by atoms with Crippen molar-refractivity contribution >= 4 is 22.7 Å². The first-order chi connectivity index (χ1) is 16.2. The molecule has 0 atom stereocenters. The minimum absolute atomic E-state index is 0.0187. The molecule has 0 radical (unpaired) electrons. The number of rotatable bonds is 6. The normalized spacial score (nSPS) is 15.5. The monoisotopic (exact) mass is 443 g/mol. The number of anilines is 2. The lowest BCUT2D eigenvalue weighted by Crippen LogP contribution is -2.23. The van der Waals surface area contributed by atoms with Gasteiger partial charge >= 0.3 is 0 Å². The highest BCUT2D eigenvalue weighted by Crippen LogP contribution is 2.35. The zero-order chi connectivity index (χ0) is 22.4. The van der Waals surface area contributed by atoms with Crippen molar-refractivity contribution in [3.63, 3.8) is 0 Å². The molecule has 6 rings (SSSR count). The number of aliphatic hydroxyl groups excluding tert-OH is 1. The number of aliphatic hydroxyl groups is 1. The summed E-state index contributed by atoms with van der Waals surface area (Å²) in [6, 6.07) is 12.1. The van der Waals surface area contributed by atoms with Gasteiger partial charge in [-0.15, -0.1) is 0 Å². The zero-order valence-corrected chi connectivity index (χ0v) is 18.2. The van der Waals surface area contributed by atoms with Crippen LogP contribution in [-0.4, -0.2) is 42.6 Å². The van der Waals surface area contributed by atoms with Crippen molar-refractivity contribution in [1.29, 1.82) is 0 Å². The number of hydrogen-bond donors (Lipinski definition) is 3. The van der Waals surface area contributed by atoms with Crippen molar-refractivity contribution in [2.24, 2.45) is 0 Å². The predicted molar refractivity (Wildman–Crippen MR) is 125 cm³/mol. The summed E-state index contributed by atoms with van der Waals surface area (Å²) in [6.45, 7) is 1.87. The van der Waals surface area contributed by atoms with Crippen LogP contribution in [0, 0.1) is 0 Å². The largest absolute Gasteiger partial charge is 0.396 e. The van der Waals surface area contributed by atoms with Crippen molar-refractivity contribution in [2.75, 3.05) is 18.5 Å². The summed E-state index contributed by atoms with van der Waals surface area (Å²) in [5.41, 5.74) is 4.73. The van der Waals surface area contributed by atoms with E-state index in [-0.39, 0.29) is 18.2 Å². The highest BCUT2D eigenvalue weighted by Gasteiger charge is 2.31. The molecule has 1 aliphatic heterocycles. The molecule has 3 N–H and O–H groups in total. The summed E-state index contributed by atoms with van der Waals surface area (Å²) in [7, 11) is 0. The number of fused-ring (bicyclic) bond motifs is 2. The Morgan fingerprint density at radius 1 is 1.15 bits per heavy atom. The average Bonchev–Trinajstić information content (AvgIpc) is 3.63. The van der Waals surface area contributed by atoms with Gasteiger partial charge in [0.1, 0.15) is 5.39 Å². The van der Waals surface area contributed by atoms with Crippen molar-refractivity contribution < 1.29 is 5.11 Å². The van der Waals surface area contributed by atoms with Crippen LogP contribution in [0.15, 0.2) is 47.4 Å². The highest BCUT2D eigenvalue weighted by molar-refractivity contribution is 5.77. The van der Waals surface area contributed by atoms with Crippen LogP contribution >= 0.6 is 0 Å². The predicted octanol–water partition coefficient (Wildman–Crippen LogP) is 2.24. The second-order valence-corrected chi connectivity index (χ2v) is 8.62. The number of pyridine rings is 1. The van der Waals surface area contributed by atoms with Crippen LogP contribution in [0.4, 0.5) is 11.6 Å². The number of hydrogen-bond acceptors (Lipinski definition) is 7. The standard InChI is InChI=1S/C24H25N7O2/c32-11-9-17-2-1-3-21(27-17)31-22-20(23(33)30(31)19-6-7-19)14-26-24(29-22)28-18-5-4-15-8-10-25-13-16(15)12-18/h1-5,12,14,19,25,32H,6-11,13H2,(H,26,28,29). The van der Waals surface area contributed by atoms with Gasteiger partial charge in [-0.25, -0.2) is 19.3 Å². The van der Waals surface area contributed by atoms with E-state index in [2.05, 4.69) is 32.7 Å². The van der Waals surface area contributed by atoms with E-state index in [1.165, 1.54) is 11.1 Å². The molecule has 0 saturated heterocycles. The first-order valence-corrected chi connectivity index (χ1v) is 11.4. The lowest BCUT2D eigenvalue weighted by atomic mass is 10.0. The van der Waals surface area contributed by atoms with E-state index in [9.17, 15) is 9.90 Å². The van der Waals surface area contributed by atoms with Gasteiger partial charge in [0.05, 0.1) is 6.04 Å². The van der Waals surface area contributed by atoms with E-state index in [1.54, 1.807) is 15.6 Å². The summed E-state index contributed by atoms with van der Waals surface area (Å²) in [6.07, 6.45) is 4.99. The summed E-state index contributed by atoms with van der Waals surface area (Å²) in [5, 5.41) is 16.5. The molecule has 0 unspecified atom stereocenters. The molecule has 1 fully saturated rings. The first kappa shape index (κ1) is 20.1. The lowest BCUT2D eigenvalue weighted by Gasteiger charge is -2.18. The van der Waals surface area contributed by atoms with Gasteiger partial charge < -0.3 is 15.7 Å². The molecule has 4 aromatic rings. The molecular weight excluding hydrogens is 418 g/mol. The minimum Gasteiger partial charge on any atom is -0.396 e. The van der Waals surface area contributed by atoms with E-state index < -0.39 is 0 Å².